The van der Waals surface area contributed by atoms with E-state index in [0.29, 0.717) is 5.02 Å². The zero-order valence-corrected chi connectivity index (χ0v) is 9.22. The van der Waals surface area contributed by atoms with Crippen LogP contribution in [0.1, 0.15) is 0 Å². The molecule has 0 atom stereocenters. The second-order valence-electron chi connectivity index (χ2n) is 3.58. The second kappa shape index (κ2) is 3.65. The van der Waals surface area contributed by atoms with Crippen LogP contribution in [0.5, 0.6) is 0 Å². The van der Waals surface area contributed by atoms with Crippen molar-refractivity contribution in [3.63, 3.8) is 0 Å². The summed E-state index contributed by atoms with van der Waals surface area (Å²) in [7, 11) is 0. The molecule has 78 valence electrons. The van der Waals surface area contributed by atoms with E-state index in [1.54, 1.807) is 6.20 Å². The Morgan fingerprint density at radius 1 is 1.00 bits per heavy atom. The van der Waals surface area contributed by atoms with Crippen LogP contribution < -0.4 is 0 Å². The van der Waals surface area contributed by atoms with Gasteiger partial charge >= 0.3 is 0 Å². The molecule has 0 fully saturated rings. The van der Waals surface area contributed by atoms with Gasteiger partial charge in [0.1, 0.15) is 5.82 Å². The standard InChI is InChI=1S/C13H9ClN2/c14-11-5-6-13(15-9-11)16-8-7-10-3-1-2-4-12(10)16/h1-9H. The van der Waals surface area contributed by atoms with Crippen LogP contribution >= 0.6 is 11.6 Å². The van der Waals surface area contributed by atoms with Gasteiger partial charge < -0.3 is 4.57 Å². The quantitative estimate of drug-likeness (QED) is 0.621. The number of para-hydroxylation sites is 1. The molecule has 0 N–H and O–H groups in total. The maximum absolute atomic E-state index is 5.82. The first-order valence-corrected chi connectivity index (χ1v) is 5.40. The van der Waals surface area contributed by atoms with Crippen LogP contribution in [0, 0.1) is 0 Å². The van der Waals surface area contributed by atoms with Crippen LogP contribution in [0.4, 0.5) is 0 Å². The SMILES string of the molecule is Clc1ccc(-n2ccc3ccccc32)nc1. The number of benzene rings is 1. The third kappa shape index (κ3) is 1.48. The van der Waals surface area contributed by atoms with Crippen molar-refractivity contribution >= 4 is 22.5 Å². The molecule has 0 aliphatic carbocycles. The maximum Gasteiger partial charge on any atom is 0.137 e. The predicted octanol–water partition coefficient (Wildman–Crippen LogP) is 3.68. The number of rotatable bonds is 1. The van der Waals surface area contributed by atoms with Gasteiger partial charge in [0.05, 0.1) is 10.5 Å². The lowest BCUT2D eigenvalue weighted by molar-refractivity contribution is 1.04. The van der Waals surface area contributed by atoms with Crippen LogP contribution in [-0.2, 0) is 0 Å². The topological polar surface area (TPSA) is 17.8 Å². The van der Waals surface area contributed by atoms with E-state index in [-0.39, 0.29) is 0 Å². The first-order chi connectivity index (χ1) is 7.84. The highest BCUT2D eigenvalue weighted by molar-refractivity contribution is 6.30. The summed E-state index contributed by atoms with van der Waals surface area (Å²) in [6.07, 6.45) is 3.67. The molecule has 0 spiro atoms. The summed E-state index contributed by atoms with van der Waals surface area (Å²) in [5, 5.41) is 1.86. The molecule has 1 aromatic carbocycles. The van der Waals surface area contributed by atoms with E-state index >= 15 is 0 Å². The minimum absolute atomic E-state index is 0.653. The van der Waals surface area contributed by atoms with Gasteiger partial charge in [-0.15, -0.1) is 0 Å². The zero-order chi connectivity index (χ0) is 11.0. The summed E-state index contributed by atoms with van der Waals surface area (Å²) in [6, 6.07) is 14.0. The fraction of sp³-hybridized carbons (Fsp3) is 0. The Morgan fingerprint density at radius 2 is 1.88 bits per heavy atom. The molecule has 2 nitrogen and oxygen atoms in total. The van der Waals surface area contributed by atoms with Crippen molar-refractivity contribution in [3.8, 4) is 5.82 Å². The highest BCUT2D eigenvalue weighted by Crippen LogP contribution is 2.19. The van der Waals surface area contributed by atoms with E-state index in [4.69, 9.17) is 11.6 Å². The van der Waals surface area contributed by atoms with Crippen LogP contribution in [0.2, 0.25) is 5.02 Å². The summed E-state index contributed by atoms with van der Waals surface area (Å²) in [5.74, 6) is 0.880. The highest BCUT2D eigenvalue weighted by atomic mass is 35.5. The summed E-state index contributed by atoms with van der Waals surface area (Å²) in [6.45, 7) is 0. The Kier molecular flexibility index (Phi) is 2.15. The van der Waals surface area contributed by atoms with Gasteiger partial charge in [-0.2, -0.15) is 0 Å². The van der Waals surface area contributed by atoms with Crippen LogP contribution in [0.3, 0.4) is 0 Å². The molecule has 0 saturated carbocycles. The summed E-state index contributed by atoms with van der Waals surface area (Å²) >= 11 is 5.82. The van der Waals surface area contributed by atoms with Gasteiger partial charge in [-0.3, -0.25) is 0 Å². The molecule has 2 aromatic heterocycles. The summed E-state index contributed by atoms with van der Waals surface area (Å²) in [5.41, 5.74) is 1.15. The molecule has 0 aliphatic rings. The van der Waals surface area contributed by atoms with E-state index < -0.39 is 0 Å². The molecule has 0 radical (unpaired) electrons. The largest absolute Gasteiger partial charge is 0.301 e. The number of aromatic nitrogens is 2. The van der Waals surface area contributed by atoms with Gasteiger partial charge in [0, 0.05) is 12.4 Å². The van der Waals surface area contributed by atoms with Gasteiger partial charge in [-0.25, -0.2) is 4.98 Å². The van der Waals surface area contributed by atoms with E-state index in [1.807, 2.05) is 35.0 Å². The predicted molar refractivity (Wildman–Crippen MR) is 66.1 cm³/mol. The van der Waals surface area contributed by atoms with Gasteiger partial charge in [-0.05, 0) is 29.7 Å². The Bertz CT molecular complexity index is 626. The Morgan fingerprint density at radius 3 is 2.69 bits per heavy atom. The fourth-order valence-electron chi connectivity index (χ4n) is 1.79. The number of halogens is 1. The monoisotopic (exact) mass is 228 g/mol. The smallest absolute Gasteiger partial charge is 0.137 e. The van der Waals surface area contributed by atoms with Crippen molar-refractivity contribution in [1.82, 2.24) is 9.55 Å². The highest BCUT2D eigenvalue weighted by Gasteiger charge is 2.02. The minimum atomic E-state index is 0.653. The molecule has 0 unspecified atom stereocenters. The molecule has 16 heavy (non-hydrogen) atoms. The van der Waals surface area contributed by atoms with Crippen molar-refractivity contribution < 1.29 is 0 Å². The van der Waals surface area contributed by atoms with Gasteiger partial charge in [0.15, 0.2) is 0 Å². The summed E-state index contributed by atoms with van der Waals surface area (Å²) < 4.78 is 2.05. The average Bonchev–Trinajstić information content (AvgIpc) is 2.74. The number of hydrogen-bond acceptors (Lipinski definition) is 1. The van der Waals surface area contributed by atoms with Crippen molar-refractivity contribution in [2.45, 2.75) is 0 Å². The third-order valence-electron chi connectivity index (χ3n) is 2.56. The number of hydrogen-bond donors (Lipinski definition) is 0. The number of fused-ring (bicyclic) bond motifs is 1. The molecule has 3 heteroatoms. The van der Waals surface area contributed by atoms with Gasteiger partial charge in [0.25, 0.3) is 0 Å². The lowest BCUT2D eigenvalue weighted by atomic mass is 10.2. The zero-order valence-electron chi connectivity index (χ0n) is 8.47. The Hall–Kier alpha value is -1.80. The molecular formula is C13H9ClN2. The first kappa shape index (κ1) is 9.43. The summed E-state index contributed by atoms with van der Waals surface area (Å²) in [4.78, 5) is 4.30. The average molecular weight is 229 g/mol. The van der Waals surface area contributed by atoms with E-state index in [0.717, 1.165) is 11.3 Å². The fourth-order valence-corrected chi connectivity index (χ4v) is 1.91. The number of pyridine rings is 1. The third-order valence-corrected chi connectivity index (χ3v) is 2.78. The molecular weight excluding hydrogens is 220 g/mol. The molecule has 0 saturated heterocycles. The van der Waals surface area contributed by atoms with E-state index in [1.165, 1.54) is 5.39 Å². The molecule has 3 rings (SSSR count). The lowest BCUT2D eigenvalue weighted by Crippen LogP contribution is -1.94. The maximum atomic E-state index is 5.82. The molecule has 0 bridgehead atoms. The van der Waals surface area contributed by atoms with E-state index in [9.17, 15) is 0 Å². The molecule has 3 aromatic rings. The number of nitrogens with zero attached hydrogens (tertiary/aromatic N) is 2. The second-order valence-corrected chi connectivity index (χ2v) is 4.02. The van der Waals surface area contributed by atoms with Crippen LogP contribution in [0.25, 0.3) is 16.7 Å². The minimum Gasteiger partial charge on any atom is -0.301 e. The van der Waals surface area contributed by atoms with Crippen molar-refractivity contribution in [3.05, 3.63) is 59.9 Å². The molecule has 2 heterocycles. The van der Waals surface area contributed by atoms with Gasteiger partial charge in [0.2, 0.25) is 0 Å². The molecule has 0 amide bonds. The van der Waals surface area contributed by atoms with E-state index in [2.05, 4.69) is 23.2 Å². The lowest BCUT2D eigenvalue weighted by Gasteiger charge is -2.03. The van der Waals surface area contributed by atoms with Gasteiger partial charge in [-0.1, -0.05) is 29.8 Å². The van der Waals surface area contributed by atoms with Crippen LogP contribution in [0.15, 0.2) is 54.9 Å². The van der Waals surface area contributed by atoms with Crippen LogP contribution in [-0.4, -0.2) is 9.55 Å². The Labute approximate surface area is 98.1 Å². The Balaban J connectivity index is 2.22. The van der Waals surface area contributed by atoms with Crippen molar-refractivity contribution in [1.29, 1.82) is 0 Å². The van der Waals surface area contributed by atoms with Crippen molar-refractivity contribution in [2.24, 2.45) is 0 Å². The van der Waals surface area contributed by atoms with Crippen molar-refractivity contribution in [2.75, 3.05) is 0 Å². The first-order valence-electron chi connectivity index (χ1n) is 5.02. The normalized spacial score (nSPS) is 10.8. The molecule has 0 aliphatic heterocycles.